The monoisotopic (exact) mass is 373 g/mol. The molecule has 2 N–H and O–H groups in total. The summed E-state index contributed by atoms with van der Waals surface area (Å²) in [5, 5.41) is 4.89. The van der Waals surface area contributed by atoms with E-state index < -0.39 is 0 Å². The summed E-state index contributed by atoms with van der Waals surface area (Å²) in [6, 6.07) is 18.6. The van der Waals surface area contributed by atoms with E-state index in [1.807, 2.05) is 24.3 Å². The number of nitrogen functional groups attached to an aromatic ring is 1. The van der Waals surface area contributed by atoms with Gasteiger partial charge in [-0.15, -0.1) is 0 Å². The van der Waals surface area contributed by atoms with Crippen LogP contribution in [0.2, 0.25) is 0 Å². The lowest BCUT2D eigenvalue weighted by Crippen LogP contribution is -1.86. The number of hydrogen-bond donors (Lipinski definition) is 1. The third-order valence-corrected chi connectivity index (χ3v) is 4.06. The summed E-state index contributed by atoms with van der Waals surface area (Å²) in [6.45, 7) is 14.2. The fourth-order valence-corrected chi connectivity index (χ4v) is 2.70. The van der Waals surface area contributed by atoms with E-state index in [2.05, 4.69) is 89.7 Å². The fourth-order valence-electron chi connectivity index (χ4n) is 2.70. The highest BCUT2D eigenvalue weighted by Crippen LogP contribution is 2.28. The van der Waals surface area contributed by atoms with Crippen LogP contribution in [-0.4, -0.2) is 0 Å². The normalized spacial score (nSPS) is 10.4. The zero-order chi connectivity index (χ0) is 20.9. The minimum absolute atomic E-state index is 0.846. The summed E-state index contributed by atoms with van der Waals surface area (Å²) < 4.78 is 0. The Morgan fingerprint density at radius 1 is 0.857 bits per heavy atom. The van der Waals surface area contributed by atoms with E-state index in [9.17, 15) is 0 Å². The van der Waals surface area contributed by atoms with Crippen molar-refractivity contribution in [3.63, 3.8) is 0 Å². The molecule has 1 heteroatoms. The van der Waals surface area contributed by atoms with Crippen LogP contribution in [0.4, 0.5) is 5.69 Å². The Bertz CT molecular complexity index is 941. The predicted molar refractivity (Wildman–Crippen MR) is 130 cm³/mol. The molecule has 0 bridgehead atoms. The molecular weight excluding hydrogens is 338 g/mol. The standard InChI is InChI=1S/C14H11N.C10H16.C3H8/c15-14-7-3-6-12-11-5-2-1-4-10(11)8-9-13(12)14;1-5-6-10(4)8-7-9(2)3;1-3-2/h1-9H,15H2;5-7H,1,8H2,2-4H3;3H2,1-2H3/b;10-6-;. The third kappa shape index (κ3) is 7.44. The first-order chi connectivity index (χ1) is 13.4. The lowest BCUT2D eigenvalue weighted by molar-refractivity contribution is 1.09. The smallest absolute Gasteiger partial charge is 0.0393 e. The van der Waals surface area contributed by atoms with Gasteiger partial charge in [0.15, 0.2) is 0 Å². The van der Waals surface area contributed by atoms with E-state index in [-0.39, 0.29) is 0 Å². The van der Waals surface area contributed by atoms with Gasteiger partial charge in [-0.3, -0.25) is 0 Å². The van der Waals surface area contributed by atoms with Crippen molar-refractivity contribution in [2.75, 3.05) is 5.73 Å². The zero-order valence-electron chi connectivity index (χ0n) is 18.1. The van der Waals surface area contributed by atoms with Gasteiger partial charge in [0.25, 0.3) is 0 Å². The molecule has 0 heterocycles. The average Bonchev–Trinajstić information content (AvgIpc) is 2.68. The van der Waals surface area contributed by atoms with Crippen molar-refractivity contribution in [3.05, 3.63) is 90.6 Å². The third-order valence-electron chi connectivity index (χ3n) is 4.06. The predicted octanol–water partition coefficient (Wildman–Crippen LogP) is 8.47. The van der Waals surface area contributed by atoms with E-state index >= 15 is 0 Å². The molecule has 0 amide bonds. The van der Waals surface area contributed by atoms with Crippen LogP contribution in [0.15, 0.2) is 90.6 Å². The van der Waals surface area contributed by atoms with Crippen LogP contribution < -0.4 is 5.73 Å². The van der Waals surface area contributed by atoms with Crippen LogP contribution in [-0.2, 0) is 0 Å². The average molecular weight is 374 g/mol. The van der Waals surface area contributed by atoms with Gasteiger partial charge in [-0.25, -0.2) is 0 Å². The molecule has 0 saturated carbocycles. The summed E-state index contributed by atoms with van der Waals surface area (Å²) >= 11 is 0. The van der Waals surface area contributed by atoms with E-state index in [1.54, 1.807) is 0 Å². The Hall–Kier alpha value is -2.80. The van der Waals surface area contributed by atoms with Gasteiger partial charge >= 0.3 is 0 Å². The highest BCUT2D eigenvalue weighted by Gasteiger charge is 2.01. The molecule has 0 fully saturated rings. The molecule has 3 aromatic rings. The molecule has 148 valence electrons. The molecule has 0 aliphatic heterocycles. The number of nitrogens with two attached hydrogens (primary N) is 1. The summed E-state index contributed by atoms with van der Waals surface area (Å²) in [6.07, 6.45) is 8.39. The van der Waals surface area contributed by atoms with E-state index in [4.69, 9.17) is 5.73 Å². The molecule has 28 heavy (non-hydrogen) atoms. The number of hydrogen-bond acceptors (Lipinski definition) is 1. The molecular formula is C27H35N. The van der Waals surface area contributed by atoms with Crippen molar-refractivity contribution >= 4 is 27.2 Å². The lowest BCUT2D eigenvalue weighted by Gasteiger charge is -2.05. The van der Waals surface area contributed by atoms with Crippen LogP contribution in [0.25, 0.3) is 21.5 Å². The molecule has 3 rings (SSSR count). The van der Waals surface area contributed by atoms with Crippen molar-refractivity contribution in [1.29, 1.82) is 0 Å². The van der Waals surface area contributed by atoms with Gasteiger partial charge in [-0.2, -0.15) is 0 Å². The maximum absolute atomic E-state index is 5.95. The van der Waals surface area contributed by atoms with Crippen molar-refractivity contribution in [2.45, 2.75) is 47.5 Å². The van der Waals surface area contributed by atoms with Gasteiger partial charge in [0, 0.05) is 11.1 Å². The topological polar surface area (TPSA) is 26.0 Å². The first-order valence-corrected chi connectivity index (χ1v) is 10.0. The maximum Gasteiger partial charge on any atom is 0.0393 e. The summed E-state index contributed by atoms with van der Waals surface area (Å²) in [7, 11) is 0. The number of benzene rings is 3. The quantitative estimate of drug-likeness (QED) is 0.212. The van der Waals surface area contributed by atoms with Crippen LogP contribution >= 0.6 is 0 Å². The van der Waals surface area contributed by atoms with Crippen molar-refractivity contribution in [3.8, 4) is 0 Å². The van der Waals surface area contributed by atoms with Crippen molar-refractivity contribution in [2.24, 2.45) is 0 Å². The van der Waals surface area contributed by atoms with Crippen molar-refractivity contribution < 1.29 is 0 Å². The van der Waals surface area contributed by atoms with Gasteiger partial charge in [-0.1, -0.05) is 105 Å². The Labute approximate surface area is 171 Å². The number of allylic oxidation sites excluding steroid dienone is 5. The Morgan fingerprint density at radius 3 is 2.14 bits per heavy atom. The van der Waals surface area contributed by atoms with Crippen LogP contribution in [0.5, 0.6) is 0 Å². The molecule has 0 aromatic heterocycles. The second kappa shape index (κ2) is 12.6. The van der Waals surface area contributed by atoms with E-state index in [0.29, 0.717) is 0 Å². The maximum atomic E-state index is 5.95. The molecule has 0 unspecified atom stereocenters. The van der Waals surface area contributed by atoms with Crippen LogP contribution in [0.3, 0.4) is 0 Å². The van der Waals surface area contributed by atoms with Gasteiger partial charge in [0.2, 0.25) is 0 Å². The lowest BCUT2D eigenvalue weighted by atomic mass is 10.0. The molecule has 0 radical (unpaired) electrons. The highest BCUT2D eigenvalue weighted by molar-refractivity contribution is 6.10. The highest BCUT2D eigenvalue weighted by atomic mass is 14.5. The minimum atomic E-state index is 0.846. The Balaban J connectivity index is 0.000000264. The number of rotatable bonds is 3. The molecule has 0 saturated heterocycles. The van der Waals surface area contributed by atoms with Crippen LogP contribution in [0, 0.1) is 0 Å². The first-order valence-electron chi connectivity index (χ1n) is 10.0. The number of anilines is 1. The molecule has 0 aliphatic rings. The molecule has 1 nitrogen and oxygen atoms in total. The zero-order valence-corrected chi connectivity index (χ0v) is 18.1. The van der Waals surface area contributed by atoms with E-state index in [1.165, 1.54) is 33.7 Å². The Kier molecular flexibility index (Phi) is 10.4. The summed E-state index contributed by atoms with van der Waals surface area (Å²) in [5.74, 6) is 0. The summed E-state index contributed by atoms with van der Waals surface area (Å²) in [4.78, 5) is 0. The molecule has 0 spiro atoms. The van der Waals surface area contributed by atoms with Crippen molar-refractivity contribution in [1.82, 2.24) is 0 Å². The van der Waals surface area contributed by atoms with Crippen LogP contribution in [0.1, 0.15) is 47.5 Å². The van der Waals surface area contributed by atoms with Gasteiger partial charge in [-0.05, 0) is 49.4 Å². The fraction of sp³-hybridized carbons (Fsp3) is 0.259. The second-order valence-corrected chi connectivity index (χ2v) is 7.17. The van der Waals surface area contributed by atoms with Gasteiger partial charge in [0.1, 0.15) is 0 Å². The largest absolute Gasteiger partial charge is 0.398 e. The molecule has 0 atom stereocenters. The first kappa shape index (κ1) is 23.2. The minimum Gasteiger partial charge on any atom is -0.398 e. The van der Waals surface area contributed by atoms with Gasteiger partial charge in [0.05, 0.1) is 0 Å². The Morgan fingerprint density at radius 2 is 1.50 bits per heavy atom. The SMILES string of the molecule is C=C/C=C(/C)CC=C(C)C.CCC.Nc1cccc2c1ccc1ccccc12. The van der Waals surface area contributed by atoms with Gasteiger partial charge < -0.3 is 5.73 Å². The molecule has 0 aliphatic carbocycles. The summed E-state index contributed by atoms with van der Waals surface area (Å²) in [5.41, 5.74) is 9.52. The molecule has 3 aromatic carbocycles. The van der Waals surface area contributed by atoms with E-state index in [0.717, 1.165) is 17.5 Å². The number of fused-ring (bicyclic) bond motifs is 3. The second-order valence-electron chi connectivity index (χ2n) is 7.17.